The highest BCUT2D eigenvalue weighted by atomic mass is 16.5. The van der Waals surface area contributed by atoms with Gasteiger partial charge in [-0.25, -0.2) is 0 Å². The molecule has 0 aliphatic rings. The van der Waals surface area contributed by atoms with Crippen molar-refractivity contribution in [3.05, 3.63) is 0 Å². The van der Waals surface area contributed by atoms with E-state index in [2.05, 4.69) is 5.32 Å². The first-order valence-electron chi connectivity index (χ1n) is 5.86. The molecule has 0 fully saturated rings. The first kappa shape index (κ1) is 15.9. The van der Waals surface area contributed by atoms with Gasteiger partial charge in [0, 0.05) is 20.0 Å². The molecule has 0 aromatic rings. The summed E-state index contributed by atoms with van der Waals surface area (Å²) in [5.74, 6) is -0.853. The first-order valence-corrected chi connectivity index (χ1v) is 5.86. The van der Waals surface area contributed by atoms with E-state index in [1.165, 1.54) is 0 Å². The molecule has 0 radical (unpaired) electrons. The lowest BCUT2D eigenvalue weighted by Crippen LogP contribution is -2.42. The fraction of sp³-hybridized carbons (Fsp3) is 0.833. The van der Waals surface area contributed by atoms with Crippen LogP contribution >= 0.6 is 0 Å². The van der Waals surface area contributed by atoms with Gasteiger partial charge in [0.05, 0.1) is 12.6 Å². The van der Waals surface area contributed by atoms with Crippen LogP contribution in [0.4, 0.5) is 0 Å². The van der Waals surface area contributed by atoms with Crippen LogP contribution in [0.2, 0.25) is 0 Å². The van der Waals surface area contributed by atoms with E-state index in [-0.39, 0.29) is 36.6 Å². The van der Waals surface area contributed by atoms with Gasteiger partial charge in [0.1, 0.15) is 0 Å². The van der Waals surface area contributed by atoms with Crippen LogP contribution in [-0.4, -0.2) is 36.7 Å². The number of hydrogen-bond acceptors (Lipinski definition) is 3. The standard InChI is InChI=1S/C12H23NO4/c1-8(2)10(7-17-4)13-11(14)5-9(3)6-12(15)16/h8-10H,5-7H2,1-4H3,(H,13,14)(H,15,16). The van der Waals surface area contributed by atoms with Crippen LogP contribution in [0.3, 0.4) is 0 Å². The normalized spacial score (nSPS) is 14.4. The Balaban J connectivity index is 4.09. The molecule has 2 atom stereocenters. The highest BCUT2D eigenvalue weighted by molar-refractivity contribution is 5.77. The van der Waals surface area contributed by atoms with Gasteiger partial charge in [-0.1, -0.05) is 20.8 Å². The molecule has 1 amide bonds. The zero-order valence-electron chi connectivity index (χ0n) is 11.0. The summed E-state index contributed by atoms with van der Waals surface area (Å²) in [6.07, 6.45) is 0.253. The second kappa shape index (κ2) is 8.06. The summed E-state index contributed by atoms with van der Waals surface area (Å²) in [6.45, 7) is 6.24. The van der Waals surface area contributed by atoms with E-state index in [4.69, 9.17) is 9.84 Å². The smallest absolute Gasteiger partial charge is 0.303 e. The first-order chi connectivity index (χ1) is 7.86. The van der Waals surface area contributed by atoms with Gasteiger partial charge in [-0.05, 0) is 11.8 Å². The zero-order chi connectivity index (χ0) is 13.4. The minimum atomic E-state index is -0.873. The van der Waals surface area contributed by atoms with Crippen molar-refractivity contribution in [2.75, 3.05) is 13.7 Å². The molecular weight excluding hydrogens is 222 g/mol. The van der Waals surface area contributed by atoms with Crippen molar-refractivity contribution in [1.29, 1.82) is 0 Å². The van der Waals surface area contributed by atoms with Crippen LogP contribution in [0.15, 0.2) is 0 Å². The summed E-state index contributed by atoms with van der Waals surface area (Å²) in [4.78, 5) is 22.1. The maximum atomic E-state index is 11.7. The topological polar surface area (TPSA) is 75.6 Å². The third-order valence-corrected chi connectivity index (χ3v) is 2.55. The summed E-state index contributed by atoms with van der Waals surface area (Å²) in [5, 5.41) is 11.5. The summed E-state index contributed by atoms with van der Waals surface area (Å²) >= 11 is 0. The fourth-order valence-electron chi connectivity index (χ4n) is 1.53. The van der Waals surface area contributed by atoms with E-state index in [0.717, 1.165) is 0 Å². The Morgan fingerprint density at radius 2 is 1.82 bits per heavy atom. The molecule has 0 aliphatic carbocycles. The molecule has 2 unspecified atom stereocenters. The van der Waals surface area contributed by atoms with Crippen LogP contribution in [0.1, 0.15) is 33.6 Å². The molecule has 0 rings (SSSR count). The molecule has 100 valence electrons. The monoisotopic (exact) mass is 245 g/mol. The molecule has 0 aromatic carbocycles. The van der Waals surface area contributed by atoms with Crippen LogP contribution in [-0.2, 0) is 14.3 Å². The van der Waals surface area contributed by atoms with Crippen molar-refractivity contribution < 1.29 is 19.4 Å². The number of aliphatic carboxylic acids is 1. The molecule has 17 heavy (non-hydrogen) atoms. The van der Waals surface area contributed by atoms with Gasteiger partial charge < -0.3 is 15.2 Å². The van der Waals surface area contributed by atoms with Gasteiger partial charge in [-0.2, -0.15) is 0 Å². The number of carboxylic acid groups (broad SMARTS) is 1. The molecular formula is C12H23NO4. The van der Waals surface area contributed by atoms with E-state index >= 15 is 0 Å². The largest absolute Gasteiger partial charge is 0.481 e. The predicted octanol–water partition coefficient (Wildman–Crippen LogP) is 1.27. The summed E-state index contributed by atoms with van der Waals surface area (Å²) in [6, 6.07) is -0.0236. The average molecular weight is 245 g/mol. The molecule has 2 N–H and O–H groups in total. The third-order valence-electron chi connectivity index (χ3n) is 2.55. The molecule has 0 heterocycles. The molecule has 0 saturated heterocycles. The summed E-state index contributed by atoms with van der Waals surface area (Å²) in [5.41, 5.74) is 0. The summed E-state index contributed by atoms with van der Waals surface area (Å²) in [7, 11) is 1.59. The number of rotatable bonds is 8. The molecule has 0 saturated carbocycles. The number of hydrogen-bond donors (Lipinski definition) is 2. The number of carbonyl (C=O) groups is 2. The van der Waals surface area contributed by atoms with Crippen molar-refractivity contribution in [2.24, 2.45) is 11.8 Å². The van der Waals surface area contributed by atoms with Crippen molar-refractivity contribution in [2.45, 2.75) is 39.7 Å². The number of carboxylic acids is 1. The quantitative estimate of drug-likeness (QED) is 0.675. The highest BCUT2D eigenvalue weighted by Gasteiger charge is 2.18. The Morgan fingerprint density at radius 1 is 1.24 bits per heavy atom. The third kappa shape index (κ3) is 7.74. The van der Waals surface area contributed by atoms with Crippen molar-refractivity contribution in [3.8, 4) is 0 Å². The molecule has 0 spiro atoms. The number of nitrogens with one attached hydrogen (secondary N) is 1. The predicted molar refractivity (Wildman–Crippen MR) is 64.7 cm³/mol. The Kier molecular flexibility index (Phi) is 7.54. The Labute approximate surface area is 103 Å². The number of amides is 1. The van der Waals surface area contributed by atoms with Gasteiger partial charge in [0.15, 0.2) is 0 Å². The Hall–Kier alpha value is -1.10. The average Bonchev–Trinajstić information content (AvgIpc) is 2.14. The SMILES string of the molecule is COCC(NC(=O)CC(C)CC(=O)O)C(C)C. The maximum Gasteiger partial charge on any atom is 0.303 e. The van der Waals surface area contributed by atoms with Gasteiger partial charge in [-0.15, -0.1) is 0 Å². The Bertz CT molecular complexity index is 253. The minimum absolute atomic E-state index is 0.0179. The van der Waals surface area contributed by atoms with Gasteiger partial charge in [0.2, 0.25) is 5.91 Å². The molecule has 0 bridgehead atoms. The molecule has 0 aromatic heterocycles. The maximum absolute atomic E-state index is 11.7. The molecule has 5 nitrogen and oxygen atoms in total. The summed E-state index contributed by atoms with van der Waals surface area (Å²) < 4.78 is 5.03. The van der Waals surface area contributed by atoms with Crippen LogP contribution in [0.25, 0.3) is 0 Å². The molecule has 5 heteroatoms. The van der Waals surface area contributed by atoms with Crippen LogP contribution in [0, 0.1) is 11.8 Å². The van der Waals surface area contributed by atoms with E-state index in [0.29, 0.717) is 6.61 Å². The number of methoxy groups -OCH3 is 1. The van der Waals surface area contributed by atoms with E-state index in [9.17, 15) is 9.59 Å². The van der Waals surface area contributed by atoms with Crippen molar-refractivity contribution in [1.82, 2.24) is 5.32 Å². The zero-order valence-corrected chi connectivity index (χ0v) is 11.0. The van der Waals surface area contributed by atoms with Gasteiger partial charge in [0.25, 0.3) is 0 Å². The minimum Gasteiger partial charge on any atom is -0.481 e. The van der Waals surface area contributed by atoms with Crippen LogP contribution in [0.5, 0.6) is 0 Å². The van der Waals surface area contributed by atoms with E-state index in [1.807, 2.05) is 13.8 Å². The lowest BCUT2D eigenvalue weighted by atomic mass is 10.0. The van der Waals surface area contributed by atoms with E-state index < -0.39 is 5.97 Å². The lowest BCUT2D eigenvalue weighted by molar-refractivity contribution is -0.138. The van der Waals surface area contributed by atoms with Crippen molar-refractivity contribution in [3.63, 3.8) is 0 Å². The van der Waals surface area contributed by atoms with Gasteiger partial charge in [-0.3, -0.25) is 9.59 Å². The highest BCUT2D eigenvalue weighted by Crippen LogP contribution is 2.09. The molecule has 0 aliphatic heterocycles. The second-order valence-corrected chi connectivity index (χ2v) is 4.78. The number of ether oxygens (including phenoxy) is 1. The second-order valence-electron chi connectivity index (χ2n) is 4.78. The van der Waals surface area contributed by atoms with Crippen molar-refractivity contribution >= 4 is 11.9 Å². The van der Waals surface area contributed by atoms with Gasteiger partial charge >= 0.3 is 5.97 Å². The number of carbonyl (C=O) groups excluding carboxylic acids is 1. The van der Waals surface area contributed by atoms with Crippen LogP contribution < -0.4 is 5.32 Å². The fourth-order valence-corrected chi connectivity index (χ4v) is 1.53. The van der Waals surface area contributed by atoms with E-state index in [1.54, 1.807) is 14.0 Å². The Morgan fingerprint density at radius 3 is 2.24 bits per heavy atom. The lowest BCUT2D eigenvalue weighted by Gasteiger charge is -2.22.